The predicted molar refractivity (Wildman–Crippen MR) is 81.6 cm³/mol. The Kier molecular flexibility index (Phi) is 3.95. The van der Waals surface area contributed by atoms with Crippen LogP contribution in [-0.4, -0.2) is 15.9 Å². The summed E-state index contributed by atoms with van der Waals surface area (Å²) in [5.74, 6) is 0.844. The standard InChI is InChI=1S/C17H19N3O/c1-2-16(21)19-14-9-6-10-15-13(14)11-18-17(20-15)12-7-4-3-5-8-12/h3-5,7-8,11,14H,2,6,9-10H2,1H3,(H,19,21). The van der Waals surface area contributed by atoms with Gasteiger partial charge in [-0.2, -0.15) is 0 Å². The lowest BCUT2D eigenvalue weighted by molar-refractivity contribution is -0.121. The molecule has 0 spiro atoms. The molecular weight excluding hydrogens is 262 g/mol. The molecule has 3 rings (SSSR count). The van der Waals surface area contributed by atoms with E-state index in [1.165, 1.54) is 0 Å². The van der Waals surface area contributed by atoms with E-state index in [-0.39, 0.29) is 11.9 Å². The average molecular weight is 281 g/mol. The quantitative estimate of drug-likeness (QED) is 0.940. The van der Waals surface area contributed by atoms with Gasteiger partial charge >= 0.3 is 0 Å². The van der Waals surface area contributed by atoms with Crippen molar-refractivity contribution < 1.29 is 4.79 Å². The topological polar surface area (TPSA) is 54.9 Å². The van der Waals surface area contributed by atoms with E-state index in [4.69, 9.17) is 4.98 Å². The Hall–Kier alpha value is -2.23. The SMILES string of the molecule is CCC(=O)NC1CCCc2nc(-c3ccccc3)ncc21. The van der Waals surface area contributed by atoms with Crippen LogP contribution in [-0.2, 0) is 11.2 Å². The third-order valence-corrected chi connectivity index (χ3v) is 3.87. The maximum absolute atomic E-state index is 11.6. The summed E-state index contributed by atoms with van der Waals surface area (Å²) in [6.07, 6.45) is 5.36. The highest BCUT2D eigenvalue weighted by Gasteiger charge is 2.23. The Labute approximate surface area is 124 Å². The first-order valence-electron chi connectivity index (χ1n) is 7.48. The van der Waals surface area contributed by atoms with Crippen molar-refractivity contribution >= 4 is 5.91 Å². The van der Waals surface area contributed by atoms with E-state index in [1.54, 1.807) is 0 Å². The third-order valence-electron chi connectivity index (χ3n) is 3.87. The molecule has 0 radical (unpaired) electrons. The van der Waals surface area contributed by atoms with E-state index in [2.05, 4.69) is 10.3 Å². The van der Waals surface area contributed by atoms with Gasteiger partial charge < -0.3 is 5.32 Å². The number of aromatic nitrogens is 2. The lowest BCUT2D eigenvalue weighted by Crippen LogP contribution is -2.30. The number of fused-ring (bicyclic) bond motifs is 1. The maximum Gasteiger partial charge on any atom is 0.220 e. The van der Waals surface area contributed by atoms with Crippen LogP contribution in [0.1, 0.15) is 43.5 Å². The molecule has 108 valence electrons. The molecular formula is C17H19N3O. The summed E-state index contributed by atoms with van der Waals surface area (Å²) in [5.41, 5.74) is 3.17. The van der Waals surface area contributed by atoms with Gasteiger partial charge in [-0.3, -0.25) is 4.79 Å². The van der Waals surface area contributed by atoms with E-state index in [9.17, 15) is 4.79 Å². The van der Waals surface area contributed by atoms with Crippen LogP contribution in [0.4, 0.5) is 0 Å². The Balaban J connectivity index is 1.90. The molecule has 1 aliphatic rings. The third kappa shape index (κ3) is 2.94. The Morgan fingerprint density at radius 1 is 1.33 bits per heavy atom. The lowest BCUT2D eigenvalue weighted by Gasteiger charge is -2.25. The fourth-order valence-electron chi connectivity index (χ4n) is 2.72. The number of hydrogen-bond acceptors (Lipinski definition) is 3. The van der Waals surface area contributed by atoms with Crippen LogP contribution < -0.4 is 5.32 Å². The molecule has 0 saturated heterocycles. The molecule has 4 heteroatoms. The van der Waals surface area contributed by atoms with Gasteiger partial charge in [-0.25, -0.2) is 9.97 Å². The van der Waals surface area contributed by atoms with Gasteiger partial charge in [0.15, 0.2) is 5.82 Å². The minimum Gasteiger partial charge on any atom is -0.349 e. The zero-order chi connectivity index (χ0) is 14.7. The van der Waals surface area contributed by atoms with Gasteiger partial charge in [-0.15, -0.1) is 0 Å². The van der Waals surface area contributed by atoms with Gasteiger partial charge in [-0.1, -0.05) is 37.3 Å². The van der Waals surface area contributed by atoms with Gasteiger partial charge in [0, 0.05) is 29.4 Å². The highest BCUT2D eigenvalue weighted by atomic mass is 16.1. The normalized spacial score (nSPS) is 17.1. The fraction of sp³-hybridized carbons (Fsp3) is 0.353. The fourth-order valence-corrected chi connectivity index (χ4v) is 2.72. The van der Waals surface area contributed by atoms with Gasteiger partial charge in [-0.05, 0) is 19.3 Å². The minimum atomic E-state index is 0.0611. The van der Waals surface area contributed by atoms with Crippen molar-refractivity contribution in [2.45, 2.75) is 38.6 Å². The van der Waals surface area contributed by atoms with Crippen LogP contribution in [0.3, 0.4) is 0 Å². The average Bonchev–Trinajstić information content (AvgIpc) is 2.55. The van der Waals surface area contributed by atoms with E-state index >= 15 is 0 Å². The summed E-state index contributed by atoms with van der Waals surface area (Å²) in [7, 11) is 0. The molecule has 1 aromatic carbocycles. The highest BCUT2D eigenvalue weighted by molar-refractivity contribution is 5.76. The number of nitrogens with one attached hydrogen (secondary N) is 1. The number of carbonyl (C=O) groups is 1. The smallest absolute Gasteiger partial charge is 0.220 e. The van der Waals surface area contributed by atoms with Crippen molar-refractivity contribution in [2.24, 2.45) is 0 Å². The summed E-state index contributed by atoms with van der Waals surface area (Å²) in [6.45, 7) is 1.87. The van der Waals surface area contributed by atoms with Gasteiger partial charge in [0.25, 0.3) is 0 Å². The van der Waals surface area contributed by atoms with Crippen LogP contribution in [0.2, 0.25) is 0 Å². The van der Waals surface area contributed by atoms with E-state index in [0.29, 0.717) is 6.42 Å². The molecule has 1 amide bonds. The van der Waals surface area contributed by atoms with Crippen molar-refractivity contribution in [1.82, 2.24) is 15.3 Å². The molecule has 2 aromatic rings. The van der Waals surface area contributed by atoms with Gasteiger partial charge in [0.2, 0.25) is 5.91 Å². The van der Waals surface area contributed by atoms with Crippen molar-refractivity contribution in [3.05, 3.63) is 47.8 Å². The second-order valence-electron chi connectivity index (χ2n) is 5.33. The molecule has 0 bridgehead atoms. The molecule has 1 aliphatic carbocycles. The first kappa shape index (κ1) is 13.7. The summed E-state index contributed by atoms with van der Waals surface area (Å²) in [6, 6.07) is 10.1. The molecule has 1 N–H and O–H groups in total. The Morgan fingerprint density at radius 2 is 2.14 bits per heavy atom. The summed E-state index contributed by atoms with van der Waals surface area (Å²) >= 11 is 0. The summed E-state index contributed by atoms with van der Waals surface area (Å²) in [4.78, 5) is 20.8. The van der Waals surface area contributed by atoms with Crippen LogP contribution >= 0.6 is 0 Å². The first-order valence-corrected chi connectivity index (χ1v) is 7.48. The molecule has 0 aliphatic heterocycles. The molecule has 1 unspecified atom stereocenters. The van der Waals surface area contributed by atoms with Crippen molar-refractivity contribution in [3.8, 4) is 11.4 Å². The van der Waals surface area contributed by atoms with E-state index in [1.807, 2.05) is 43.5 Å². The number of aryl methyl sites for hydroxylation is 1. The van der Waals surface area contributed by atoms with Crippen molar-refractivity contribution in [2.75, 3.05) is 0 Å². The van der Waals surface area contributed by atoms with Crippen molar-refractivity contribution in [3.63, 3.8) is 0 Å². The van der Waals surface area contributed by atoms with E-state index < -0.39 is 0 Å². The summed E-state index contributed by atoms with van der Waals surface area (Å²) < 4.78 is 0. The molecule has 1 aromatic heterocycles. The molecule has 0 saturated carbocycles. The number of rotatable bonds is 3. The lowest BCUT2D eigenvalue weighted by atomic mass is 9.92. The van der Waals surface area contributed by atoms with Crippen LogP contribution in [0, 0.1) is 0 Å². The van der Waals surface area contributed by atoms with Crippen LogP contribution in [0.25, 0.3) is 11.4 Å². The predicted octanol–water partition coefficient (Wildman–Crippen LogP) is 3.05. The molecule has 0 fully saturated rings. The highest BCUT2D eigenvalue weighted by Crippen LogP contribution is 2.29. The zero-order valence-electron chi connectivity index (χ0n) is 12.2. The zero-order valence-corrected chi connectivity index (χ0v) is 12.2. The summed E-state index contributed by atoms with van der Waals surface area (Å²) in [5, 5.41) is 3.07. The number of benzene rings is 1. The molecule has 4 nitrogen and oxygen atoms in total. The van der Waals surface area contributed by atoms with Crippen LogP contribution in [0.5, 0.6) is 0 Å². The Bertz CT molecular complexity index is 640. The number of hydrogen-bond donors (Lipinski definition) is 1. The minimum absolute atomic E-state index is 0.0611. The number of carbonyl (C=O) groups excluding carboxylic acids is 1. The Morgan fingerprint density at radius 3 is 2.90 bits per heavy atom. The molecule has 1 atom stereocenters. The molecule has 21 heavy (non-hydrogen) atoms. The van der Waals surface area contributed by atoms with Crippen LogP contribution in [0.15, 0.2) is 36.5 Å². The largest absolute Gasteiger partial charge is 0.349 e. The van der Waals surface area contributed by atoms with Gasteiger partial charge in [0.1, 0.15) is 0 Å². The second kappa shape index (κ2) is 6.04. The first-order chi connectivity index (χ1) is 10.3. The number of amides is 1. The maximum atomic E-state index is 11.6. The monoisotopic (exact) mass is 281 g/mol. The van der Waals surface area contributed by atoms with Gasteiger partial charge in [0.05, 0.1) is 6.04 Å². The van der Waals surface area contributed by atoms with E-state index in [0.717, 1.165) is 41.9 Å². The molecule has 1 heterocycles. The second-order valence-corrected chi connectivity index (χ2v) is 5.33. The number of nitrogens with zero attached hydrogens (tertiary/aromatic N) is 2. The van der Waals surface area contributed by atoms with Crippen molar-refractivity contribution in [1.29, 1.82) is 0 Å².